The Morgan fingerprint density at radius 1 is 0.966 bits per heavy atom. The summed E-state index contributed by atoms with van der Waals surface area (Å²) in [5.41, 5.74) is 0.759. The van der Waals surface area contributed by atoms with Crippen LogP contribution < -0.4 is 9.80 Å². The average Bonchev–Trinajstić information content (AvgIpc) is 3.09. The van der Waals surface area contributed by atoms with Gasteiger partial charge in [-0.15, -0.1) is 0 Å². The largest absolute Gasteiger partial charge is 0.416 e. The van der Waals surface area contributed by atoms with Crippen LogP contribution in [0.4, 0.5) is 29.3 Å². The minimum Gasteiger partial charge on any atom is -0.288 e. The molecule has 0 saturated carbocycles. The molecule has 2 saturated heterocycles. The first-order valence-corrected chi connectivity index (χ1v) is 11.0. The van der Waals surface area contributed by atoms with Gasteiger partial charge in [-0.25, -0.2) is 13.2 Å². The number of amides is 2. The molecule has 2 fully saturated rings. The van der Waals surface area contributed by atoms with Crippen LogP contribution >= 0.6 is 0 Å². The van der Waals surface area contributed by atoms with E-state index < -0.39 is 39.7 Å². The van der Waals surface area contributed by atoms with E-state index in [2.05, 4.69) is 0 Å². The minimum atomic E-state index is -4.56. The number of halogens is 3. The molecule has 2 amide bonds. The molecule has 5 nitrogen and oxygen atoms in total. The van der Waals surface area contributed by atoms with Gasteiger partial charge in [-0.1, -0.05) is 25.1 Å². The molecule has 0 spiro atoms. The summed E-state index contributed by atoms with van der Waals surface area (Å²) < 4.78 is 64.0. The Bertz CT molecular complexity index is 1050. The van der Waals surface area contributed by atoms with Gasteiger partial charge in [0.15, 0.2) is 9.84 Å². The number of alkyl halides is 3. The van der Waals surface area contributed by atoms with Crippen molar-refractivity contribution in [2.45, 2.75) is 31.6 Å². The van der Waals surface area contributed by atoms with E-state index in [1.54, 1.807) is 12.1 Å². The van der Waals surface area contributed by atoms with Crippen LogP contribution in [0.25, 0.3) is 0 Å². The van der Waals surface area contributed by atoms with Crippen molar-refractivity contribution in [1.29, 1.82) is 0 Å². The normalized spacial score (nSPS) is 23.5. The molecule has 154 valence electrons. The molecular formula is C20H19F3N2O3S. The third kappa shape index (κ3) is 3.48. The van der Waals surface area contributed by atoms with Crippen LogP contribution in [-0.4, -0.2) is 38.0 Å². The third-order valence-electron chi connectivity index (χ3n) is 5.44. The zero-order valence-corrected chi connectivity index (χ0v) is 16.4. The number of aryl methyl sites for hydroxylation is 1. The maximum atomic E-state index is 13.2. The van der Waals surface area contributed by atoms with Gasteiger partial charge in [-0.3, -0.25) is 9.80 Å². The molecule has 4 rings (SSSR count). The molecule has 0 unspecified atom stereocenters. The van der Waals surface area contributed by atoms with Crippen molar-refractivity contribution >= 4 is 27.2 Å². The number of sulfone groups is 1. The van der Waals surface area contributed by atoms with Gasteiger partial charge >= 0.3 is 12.2 Å². The fourth-order valence-electron chi connectivity index (χ4n) is 4.03. The molecular weight excluding hydrogens is 405 g/mol. The number of hydrogen-bond donors (Lipinski definition) is 0. The highest BCUT2D eigenvalue weighted by Crippen LogP contribution is 2.39. The van der Waals surface area contributed by atoms with Gasteiger partial charge in [-0.2, -0.15) is 13.2 Å². The van der Waals surface area contributed by atoms with E-state index >= 15 is 0 Å². The first-order chi connectivity index (χ1) is 13.6. The zero-order chi connectivity index (χ0) is 21.0. The van der Waals surface area contributed by atoms with Gasteiger partial charge < -0.3 is 0 Å². The second-order valence-electron chi connectivity index (χ2n) is 7.30. The van der Waals surface area contributed by atoms with Crippen LogP contribution in [0.3, 0.4) is 0 Å². The highest BCUT2D eigenvalue weighted by atomic mass is 32.2. The smallest absolute Gasteiger partial charge is 0.288 e. The third-order valence-corrected chi connectivity index (χ3v) is 7.14. The Balaban J connectivity index is 1.78. The summed E-state index contributed by atoms with van der Waals surface area (Å²) in [5.74, 6) is -0.488. The first kappa shape index (κ1) is 19.8. The number of nitrogens with zero attached hydrogens (tertiary/aromatic N) is 2. The van der Waals surface area contributed by atoms with E-state index in [1.807, 2.05) is 19.1 Å². The standard InChI is InChI=1S/C20H19F3N2O3S/c1-2-13-6-8-15(9-7-13)24-17-11-29(27,28)12-18(17)25(19(24)26)16-5-3-4-14(10-16)20(21,22)23/h3-10,17-18H,2,11-12H2,1H3/t17-,18-/m1/s1. The minimum absolute atomic E-state index is 0.0459. The van der Waals surface area contributed by atoms with Crippen LogP contribution in [0.2, 0.25) is 0 Å². The number of carbonyl (C=O) groups is 1. The molecule has 0 bridgehead atoms. The summed E-state index contributed by atoms with van der Waals surface area (Å²) in [6.07, 6.45) is -3.75. The lowest BCUT2D eigenvalue weighted by atomic mass is 10.1. The van der Waals surface area contributed by atoms with Crippen LogP contribution in [-0.2, 0) is 22.4 Å². The van der Waals surface area contributed by atoms with E-state index in [0.717, 1.165) is 24.1 Å². The molecule has 29 heavy (non-hydrogen) atoms. The van der Waals surface area contributed by atoms with Gasteiger partial charge in [0.2, 0.25) is 0 Å². The Kier molecular flexibility index (Phi) is 4.60. The molecule has 0 aromatic heterocycles. The predicted molar refractivity (Wildman–Crippen MR) is 104 cm³/mol. The van der Waals surface area contributed by atoms with E-state index in [4.69, 9.17) is 0 Å². The summed E-state index contributed by atoms with van der Waals surface area (Å²) in [6.45, 7) is 1.99. The molecule has 0 N–H and O–H groups in total. The van der Waals surface area contributed by atoms with Crippen molar-refractivity contribution in [2.24, 2.45) is 0 Å². The fourth-order valence-corrected chi connectivity index (χ4v) is 5.95. The molecule has 0 aliphatic carbocycles. The number of anilines is 2. The quantitative estimate of drug-likeness (QED) is 0.703. The van der Waals surface area contributed by atoms with Gasteiger partial charge in [0.05, 0.1) is 29.2 Å². The summed E-state index contributed by atoms with van der Waals surface area (Å²) in [6, 6.07) is 9.75. The van der Waals surface area contributed by atoms with Crippen LogP contribution in [0, 0.1) is 0 Å². The average molecular weight is 424 g/mol. The van der Waals surface area contributed by atoms with E-state index in [-0.39, 0.29) is 17.2 Å². The Morgan fingerprint density at radius 2 is 1.55 bits per heavy atom. The van der Waals surface area contributed by atoms with E-state index in [9.17, 15) is 26.4 Å². The molecule has 0 radical (unpaired) electrons. The molecule has 2 aliphatic rings. The highest BCUT2D eigenvalue weighted by molar-refractivity contribution is 7.91. The van der Waals surface area contributed by atoms with Gasteiger partial charge in [0, 0.05) is 11.4 Å². The van der Waals surface area contributed by atoms with Crippen molar-refractivity contribution in [3.8, 4) is 0 Å². The topological polar surface area (TPSA) is 57.7 Å². The Labute approximate surface area is 166 Å². The van der Waals surface area contributed by atoms with Crippen molar-refractivity contribution in [3.05, 3.63) is 59.7 Å². The van der Waals surface area contributed by atoms with Crippen LogP contribution in [0.1, 0.15) is 18.1 Å². The van der Waals surface area contributed by atoms with Gasteiger partial charge in [0.1, 0.15) is 0 Å². The molecule has 2 aliphatic heterocycles. The Morgan fingerprint density at radius 3 is 2.10 bits per heavy atom. The Hall–Kier alpha value is -2.55. The van der Waals surface area contributed by atoms with Gasteiger partial charge in [0.25, 0.3) is 0 Å². The SMILES string of the molecule is CCc1ccc(N2C(=O)N(c3cccc(C(F)(F)F)c3)[C@@H]3CS(=O)(=O)C[C@H]32)cc1. The number of benzene rings is 2. The molecule has 2 aromatic rings. The monoisotopic (exact) mass is 424 g/mol. The molecule has 9 heteroatoms. The number of rotatable bonds is 3. The summed E-state index contributed by atoms with van der Waals surface area (Å²) >= 11 is 0. The summed E-state index contributed by atoms with van der Waals surface area (Å²) in [5, 5.41) is 0. The number of urea groups is 1. The second-order valence-corrected chi connectivity index (χ2v) is 9.46. The van der Waals surface area contributed by atoms with Crippen LogP contribution in [0.5, 0.6) is 0 Å². The summed E-state index contributed by atoms with van der Waals surface area (Å²) in [4.78, 5) is 15.8. The van der Waals surface area contributed by atoms with Crippen LogP contribution in [0.15, 0.2) is 48.5 Å². The molecule has 2 aromatic carbocycles. The second kappa shape index (κ2) is 6.76. The highest BCUT2D eigenvalue weighted by Gasteiger charge is 2.54. The van der Waals surface area contributed by atoms with Crippen molar-refractivity contribution < 1.29 is 26.4 Å². The lowest BCUT2D eigenvalue weighted by Gasteiger charge is -2.23. The summed E-state index contributed by atoms with van der Waals surface area (Å²) in [7, 11) is -3.42. The van der Waals surface area contributed by atoms with Crippen molar-refractivity contribution in [1.82, 2.24) is 0 Å². The van der Waals surface area contributed by atoms with Crippen molar-refractivity contribution in [3.63, 3.8) is 0 Å². The van der Waals surface area contributed by atoms with E-state index in [0.29, 0.717) is 5.69 Å². The maximum absolute atomic E-state index is 13.2. The fraction of sp³-hybridized carbons (Fsp3) is 0.350. The van der Waals surface area contributed by atoms with E-state index in [1.165, 1.54) is 21.9 Å². The lowest BCUT2D eigenvalue weighted by molar-refractivity contribution is -0.137. The number of fused-ring (bicyclic) bond motifs is 1. The van der Waals surface area contributed by atoms with Crippen molar-refractivity contribution in [2.75, 3.05) is 21.3 Å². The predicted octanol–water partition coefficient (Wildman–Crippen LogP) is 3.88. The first-order valence-electron chi connectivity index (χ1n) is 9.20. The molecule has 2 atom stereocenters. The molecule has 2 heterocycles. The lowest BCUT2D eigenvalue weighted by Crippen LogP contribution is -2.38. The van der Waals surface area contributed by atoms with Gasteiger partial charge in [-0.05, 0) is 42.3 Å². The zero-order valence-electron chi connectivity index (χ0n) is 15.6. The number of carbonyl (C=O) groups excluding carboxylic acids is 1. The number of hydrogen-bond acceptors (Lipinski definition) is 3. The maximum Gasteiger partial charge on any atom is 0.416 e.